The van der Waals surface area contributed by atoms with Crippen LogP contribution in [-0.4, -0.2) is 11.7 Å². The quantitative estimate of drug-likeness (QED) is 0.292. The molecule has 0 saturated heterocycles. The highest BCUT2D eigenvalue weighted by atomic mass is 16.1. The second kappa shape index (κ2) is 9.09. The minimum Gasteiger partial charge on any atom is -0.359 e. The number of rotatable bonds is 6. The highest BCUT2D eigenvalue weighted by Gasteiger charge is 2.09. The molecule has 1 amide bonds. The molecule has 4 rings (SSSR count). The summed E-state index contributed by atoms with van der Waals surface area (Å²) in [5.74, 6) is -0.230. The van der Waals surface area contributed by atoms with Gasteiger partial charge in [0.15, 0.2) is 5.78 Å². The Hall–Kier alpha value is -4.18. The molecule has 4 nitrogen and oxygen atoms in total. The molecule has 0 aliphatic heterocycles. The Bertz CT molecular complexity index is 1250. The lowest BCUT2D eigenvalue weighted by Crippen LogP contribution is -2.12. The fourth-order valence-electron chi connectivity index (χ4n) is 3.38. The lowest BCUT2D eigenvalue weighted by molar-refractivity contribution is 0.102. The molecule has 0 aromatic heterocycles. The van der Waals surface area contributed by atoms with Crippen molar-refractivity contribution in [2.24, 2.45) is 0 Å². The molecule has 4 aromatic rings. The van der Waals surface area contributed by atoms with E-state index in [-0.39, 0.29) is 11.7 Å². The van der Waals surface area contributed by atoms with Gasteiger partial charge in [-0.1, -0.05) is 66.7 Å². The van der Waals surface area contributed by atoms with Gasteiger partial charge in [0.2, 0.25) is 0 Å². The van der Waals surface area contributed by atoms with Gasteiger partial charge in [0.1, 0.15) is 0 Å². The van der Waals surface area contributed by atoms with E-state index in [1.807, 2.05) is 79.7 Å². The van der Waals surface area contributed by atoms with Crippen molar-refractivity contribution >= 4 is 33.8 Å². The van der Waals surface area contributed by atoms with E-state index in [0.717, 1.165) is 27.8 Å². The number of fused-ring (bicyclic) bond motifs is 1. The number of benzene rings is 4. The van der Waals surface area contributed by atoms with Crippen molar-refractivity contribution in [2.45, 2.75) is 6.92 Å². The summed E-state index contributed by atoms with van der Waals surface area (Å²) in [6, 6.07) is 30.1. The topological polar surface area (TPSA) is 58.2 Å². The molecular formula is C27H22N2O2. The second-order valence-electron chi connectivity index (χ2n) is 7.24. The maximum absolute atomic E-state index is 12.7. The number of nitrogens with one attached hydrogen (secondary N) is 2. The summed E-state index contributed by atoms with van der Waals surface area (Å²) in [7, 11) is 0. The van der Waals surface area contributed by atoms with Crippen molar-refractivity contribution in [3.63, 3.8) is 0 Å². The van der Waals surface area contributed by atoms with Crippen molar-refractivity contribution in [1.82, 2.24) is 0 Å². The van der Waals surface area contributed by atoms with Crippen molar-refractivity contribution in [1.29, 1.82) is 0 Å². The zero-order valence-electron chi connectivity index (χ0n) is 17.1. The fourth-order valence-corrected chi connectivity index (χ4v) is 3.38. The second-order valence-corrected chi connectivity index (χ2v) is 7.24. The third-order valence-corrected chi connectivity index (χ3v) is 4.93. The van der Waals surface area contributed by atoms with Gasteiger partial charge in [-0.2, -0.15) is 0 Å². The predicted molar refractivity (Wildman–Crippen MR) is 126 cm³/mol. The molecule has 31 heavy (non-hydrogen) atoms. The highest BCUT2D eigenvalue weighted by Crippen LogP contribution is 2.23. The number of ketones is 1. The molecule has 0 heterocycles. The summed E-state index contributed by atoms with van der Waals surface area (Å²) in [5, 5.41) is 8.26. The van der Waals surface area contributed by atoms with Gasteiger partial charge in [-0.3, -0.25) is 9.59 Å². The predicted octanol–water partition coefficient (Wildman–Crippen LogP) is 6.29. The Labute approximate surface area is 181 Å². The van der Waals surface area contributed by atoms with Crippen LogP contribution in [-0.2, 0) is 0 Å². The molecule has 4 heteroatoms. The van der Waals surface area contributed by atoms with Crippen LogP contribution in [0.25, 0.3) is 10.8 Å². The van der Waals surface area contributed by atoms with Crippen LogP contribution in [0.5, 0.6) is 0 Å². The molecule has 2 N–H and O–H groups in total. The van der Waals surface area contributed by atoms with Gasteiger partial charge < -0.3 is 10.6 Å². The molecule has 0 fully saturated rings. The molecule has 0 aliphatic carbocycles. The van der Waals surface area contributed by atoms with Crippen LogP contribution < -0.4 is 10.6 Å². The molecule has 152 valence electrons. The van der Waals surface area contributed by atoms with Gasteiger partial charge in [-0.05, 0) is 42.6 Å². The maximum Gasteiger partial charge on any atom is 0.255 e. The van der Waals surface area contributed by atoms with E-state index < -0.39 is 0 Å². The molecule has 0 atom stereocenters. The summed E-state index contributed by atoms with van der Waals surface area (Å²) in [6.07, 6.45) is 1.57. The van der Waals surface area contributed by atoms with Crippen LogP contribution in [0, 0.1) is 0 Å². The van der Waals surface area contributed by atoms with E-state index >= 15 is 0 Å². The summed E-state index contributed by atoms with van der Waals surface area (Å²) >= 11 is 0. The normalized spacial score (nSPS) is 11.2. The molecule has 0 radical (unpaired) electrons. The zero-order chi connectivity index (χ0) is 21.6. The Morgan fingerprint density at radius 1 is 0.677 bits per heavy atom. The van der Waals surface area contributed by atoms with Crippen LogP contribution in [0.3, 0.4) is 0 Å². The third kappa shape index (κ3) is 4.87. The number of anilines is 2. The Morgan fingerprint density at radius 2 is 1.35 bits per heavy atom. The van der Waals surface area contributed by atoms with Gasteiger partial charge in [-0.15, -0.1) is 0 Å². The van der Waals surface area contributed by atoms with Crippen molar-refractivity contribution < 1.29 is 9.59 Å². The van der Waals surface area contributed by atoms with E-state index in [2.05, 4.69) is 10.6 Å². The largest absolute Gasteiger partial charge is 0.359 e. The number of carbonyl (C=O) groups is 2. The van der Waals surface area contributed by atoms with Crippen LogP contribution in [0.1, 0.15) is 27.6 Å². The molecule has 0 aliphatic rings. The van der Waals surface area contributed by atoms with Crippen molar-refractivity contribution in [3.8, 4) is 0 Å². The van der Waals surface area contributed by atoms with Crippen molar-refractivity contribution in [3.05, 3.63) is 120 Å². The number of carbonyl (C=O) groups excluding carboxylic acids is 2. The molecule has 0 spiro atoms. The van der Waals surface area contributed by atoms with Gasteiger partial charge in [0, 0.05) is 39.7 Å². The summed E-state index contributed by atoms with van der Waals surface area (Å²) in [4.78, 5) is 25.0. The minimum absolute atomic E-state index is 0.0586. The lowest BCUT2D eigenvalue weighted by atomic mass is 10.1. The maximum atomic E-state index is 12.7. The third-order valence-electron chi connectivity index (χ3n) is 4.93. The van der Waals surface area contributed by atoms with E-state index in [0.29, 0.717) is 11.1 Å². The van der Waals surface area contributed by atoms with Gasteiger partial charge in [-0.25, -0.2) is 0 Å². The van der Waals surface area contributed by atoms with Gasteiger partial charge in [0.05, 0.1) is 0 Å². The first-order valence-corrected chi connectivity index (χ1v) is 10.0. The van der Waals surface area contributed by atoms with Gasteiger partial charge >= 0.3 is 0 Å². The first-order valence-electron chi connectivity index (χ1n) is 10.0. The number of amides is 1. The first-order chi connectivity index (χ1) is 15.1. The zero-order valence-corrected chi connectivity index (χ0v) is 17.1. The molecule has 0 saturated carbocycles. The Kier molecular flexibility index (Phi) is 5.90. The number of allylic oxidation sites excluding steroid dienone is 2. The van der Waals surface area contributed by atoms with E-state index in [4.69, 9.17) is 0 Å². The Balaban J connectivity index is 1.43. The van der Waals surface area contributed by atoms with Gasteiger partial charge in [0.25, 0.3) is 5.91 Å². The smallest absolute Gasteiger partial charge is 0.255 e. The molecule has 0 unspecified atom stereocenters. The monoisotopic (exact) mass is 406 g/mol. The highest BCUT2D eigenvalue weighted by molar-refractivity contribution is 6.09. The fraction of sp³-hybridized carbons (Fsp3) is 0.0370. The molecular weight excluding hydrogens is 384 g/mol. The van der Waals surface area contributed by atoms with E-state index in [9.17, 15) is 9.59 Å². The lowest BCUT2D eigenvalue weighted by Gasteiger charge is -2.10. The summed E-state index contributed by atoms with van der Waals surface area (Å²) < 4.78 is 0. The van der Waals surface area contributed by atoms with Crippen LogP contribution in [0.15, 0.2) is 109 Å². The van der Waals surface area contributed by atoms with E-state index in [1.165, 1.54) is 0 Å². The summed E-state index contributed by atoms with van der Waals surface area (Å²) in [5.41, 5.74) is 3.51. The first kappa shape index (κ1) is 20.1. The minimum atomic E-state index is -0.172. The van der Waals surface area contributed by atoms with Crippen LogP contribution in [0.4, 0.5) is 11.4 Å². The molecule has 0 bridgehead atoms. The molecule has 4 aromatic carbocycles. The van der Waals surface area contributed by atoms with Crippen LogP contribution >= 0.6 is 0 Å². The number of hydrogen-bond acceptors (Lipinski definition) is 3. The standard InChI is InChI=1S/C27H22N2O2/c1-19(18-26(30)21-9-3-2-4-10-21)28-23-16-14-22(15-17-23)27(31)29-25-13-7-11-20-8-5-6-12-24(20)25/h2-18,28H,1H3,(H,29,31)/b19-18+. The van der Waals surface area contributed by atoms with E-state index in [1.54, 1.807) is 30.3 Å². The summed E-state index contributed by atoms with van der Waals surface area (Å²) in [6.45, 7) is 1.84. The number of hydrogen-bond donors (Lipinski definition) is 2. The Morgan fingerprint density at radius 3 is 2.13 bits per heavy atom. The van der Waals surface area contributed by atoms with Crippen molar-refractivity contribution in [2.75, 3.05) is 10.6 Å². The van der Waals surface area contributed by atoms with Crippen LogP contribution in [0.2, 0.25) is 0 Å². The average Bonchev–Trinajstić information content (AvgIpc) is 2.80. The average molecular weight is 406 g/mol. The SMILES string of the molecule is C/C(=C\C(=O)c1ccccc1)Nc1ccc(C(=O)Nc2cccc3ccccc23)cc1.